The van der Waals surface area contributed by atoms with E-state index >= 15 is 0 Å². The van der Waals surface area contributed by atoms with Gasteiger partial charge in [0, 0.05) is 10.9 Å². The van der Waals surface area contributed by atoms with E-state index in [0.29, 0.717) is 10.9 Å². The van der Waals surface area contributed by atoms with Crippen molar-refractivity contribution in [1.82, 2.24) is 0 Å². The zero-order chi connectivity index (χ0) is 9.42. The predicted octanol–water partition coefficient (Wildman–Crippen LogP) is 2.39. The van der Waals surface area contributed by atoms with Crippen LogP contribution in [0.5, 0.6) is 0 Å². The third-order valence-corrected chi connectivity index (χ3v) is 2.62. The maximum Gasteiger partial charge on any atom is 0.338 e. The molecule has 68 valence electrons. The van der Waals surface area contributed by atoms with Crippen LogP contribution in [0, 0.1) is 5.82 Å². The molecule has 0 bridgehead atoms. The van der Waals surface area contributed by atoms with Crippen molar-refractivity contribution >= 4 is 21.9 Å². The molecule has 1 heterocycles. The number of cyclic esters (lactones) is 1. The van der Waals surface area contributed by atoms with Gasteiger partial charge >= 0.3 is 5.97 Å². The van der Waals surface area contributed by atoms with Gasteiger partial charge in [0.05, 0.1) is 5.56 Å². The number of alkyl halides is 1. The lowest BCUT2D eigenvalue weighted by Crippen LogP contribution is -1.96. The van der Waals surface area contributed by atoms with Crippen LogP contribution in [0.25, 0.3) is 0 Å². The number of carbonyl (C=O) groups is 1. The largest absolute Gasteiger partial charge is 0.457 e. The first-order valence-corrected chi connectivity index (χ1v) is 4.89. The summed E-state index contributed by atoms with van der Waals surface area (Å²) in [5.41, 5.74) is 1.93. The van der Waals surface area contributed by atoms with Crippen molar-refractivity contribution in [2.75, 3.05) is 0 Å². The van der Waals surface area contributed by atoms with Crippen LogP contribution in [-0.4, -0.2) is 5.97 Å². The molecule has 0 fully saturated rings. The van der Waals surface area contributed by atoms with Crippen molar-refractivity contribution in [1.29, 1.82) is 0 Å². The molecule has 0 spiro atoms. The Hall–Kier alpha value is -0.900. The van der Waals surface area contributed by atoms with Crippen molar-refractivity contribution in [3.05, 3.63) is 34.6 Å². The first-order chi connectivity index (χ1) is 6.22. The van der Waals surface area contributed by atoms with Gasteiger partial charge in [0.25, 0.3) is 0 Å². The van der Waals surface area contributed by atoms with Crippen LogP contribution in [-0.2, 0) is 16.7 Å². The molecule has 1 aromatic rings. The average Bonchev–Trinajstić information content (AvgIpc) is 2.47. The van der Waals surface area contributed by atoms with Crippen LogP contribution in [0.4, 0.5) is 4.39 Å². The number of ether oxygens (including phenoxy) is 1. The fourth-order valence-corrected chi connectivity index (χ4v) is 1.88. The van der Waals surface area contributed by atoms with E-state index in [1.807, 2.05) is 0 Å². The lowest BCUT2D eigenvalue weighted by molar-refractivity contribution is 0.0534. The zero-order valence-corrected chi connectivity index (χ0v) is 8.23. The Balaban J connectivity index is 2.63. The van der Waals surface area contributed by atoms with E-state index in [2.05, 4.69) is 15.9 Å². The number of benzene rings is 1. The Bertz CT molecular complexity index is 376. The molecular weight excluding hydrogens is 239 g/mol. The second kappa shape index (κ2) is 3.10. The number of rotatable bonds is 1. The Morgan fingerprint density at radius 1 is 1.54 bits per heavy atom. The number of hydrogen-bond acceptors (Lipinski definition) is 2. The summed E-state index contributed by atoms with van der Waals surface area (Å²) in [5, 5.41) is 0.531. The van der Waals surface area contributed by atoms with E-state index in [1.165, 1.54) is 12.1 Å². The molecule has 0 saturated heterocycles. The third-order valence-electron chi connectivity index (χ3n) is 2.02. The SMILES string of the molecule is O=C1OCc2c(CBr)cc(F)cc21. The standard InChI is InChI=1S/C9H6BrFO2/c10-3-5-1-6(11)2-7-8(5)4-13-9(7)12/h1-2H,3-4H2. The first-order valence-electron chi connectivity index (χ1n) is 3.76. The van der Waals surface area contributed by atoms with Crippen LogP contribution in [0.1, 0.15) is 21.5 Å². The monoisotopic (exact) mass is 244 g/mol. The molecule has 0 aromatic heterocycles. The highest BCUT2D eigenvalue weighted by Crippen LogP contribution is 2.26. The van der Waals surface area contributed by atoms with E-state index in [-0.39, 0.29) is 6.61 Å². The number of carbonyl (C=O) groups excluding carboxylic acids is 1. The van der Waals surface area contributed by atoms with Gasteiger partial charge in [0.15, 0.2) is 0 Å². The minimum atomic E-state index is -0.434. The maximum atomic E-state index is 13.0. The average molecular weight is 245 g/mol. The molecule has 0 saturated carbocycles. The van der Waals surface area contributed by atoms with Crippen LogP contribution >= 0.6 is 15.9 Å². The summed E-state index contributed by atoms with van der Waals surface area (Å²) >= 11 is 3.23. The molecule has 0 amide bonds. The van der Waals surface area contributed by atoms with E-state index < -0.39 is 11.8 Å². The summed E-state index contributed by atoms with van der Waals surface area (Å²) in [6.07, 6.45) is 0. The Morgan fingerprint density at radius 3 is 3.00 bits per heavy atom. The van der Waals surface area contributed by atoms with Crippen molar-refractivity contribution in [2.24, 2.45) is 0 Å². The molecule has 2 rings (SSSR count). The summed E-state index contributed by atoms with van der Waals surface area (Å²) in [6, 6.07) is 2.63. The highest BCUT2D eigenvalue weighted by molar-refractivity contribution is 9.08. The summed E-state index contributed by atoms with van der Waals surface area (Å²) in [7, 11) is 0. The molecule has 0 radical (unpaired) electrons. The third kappa shape index (κ3) is 1.35. The molecule has 1 aliphatic rings. The molecule has 4 heteroatoms. The molecule has 13 heavy (non-hydrogen) atoms. The summed E-state index contributed by atoms with van der Waals surface area (Å²) in [5.74, 6) is -0.830. The summed E-state index contributed by atoms with van der Waals surface area (Å²) in [6.45, 7) is 0.259. The van der Waals surface area contributed by atoms with Crippen LogP contribution < -0.4 is 0 Å². The zero-order valence-electron chi connectivity index (χ0n) is 6.64. The van der Waals surface area contributed by atoms with Gasteiger partial charge in [-0.2, -0.15) is 0 Å². The normalized spacial score (nSPS) is 14.2. The lowest BCUT2D eigenvalue weighted by atomic mass is 10.0. The van der Waals surface area contributed by atoms with Gasteiger partial charge < -0.3 is 4.74 Å². The Kier molecular flexibility index (Phi) is 2.07. The minimum absolute atomic E-state index is 0.259. The summed E-state index contributed by atoms with van der Waals surface area (Å²) < 4.78 is 17.7. The van der Waals surface area contributed by atoms with Gasteiger partial charge in [0.2, 0.25) is 0 Å². The van der Waals surface area contributed by atoms with Crippen molar-refractivity contribution < 1.29 is 13.9 Å². The smallest absolute Gasteiger partial charge is 0.338 e. The number of halogens is 2. The molecule has 0 atom stereocenters. The van der Waals surface area contributed by atoms with E-state index in [9.17, 15) is 9.18 Å². The predicted molar refractivity (Wildman–Crippen MR) is 48.2 cm³/mol. The molecule has 1 aromatic carbocycles. The number of hydrogen-bond donors (Lipinski definition) is 0. The van der Waals surface area contributed by atoms with Gasteiger partial charge in [-0.05, 0) is 17.7 Å². The Labute approximate surface area is 82.8 Å². The quantitative estimate of drug-likeness (QED) is 0.560. The van der Waals surface area contributed by atoms with Crippen LogP contribution in [0.3, 0.4) is 0 Å². The molecule has 1 aliphatic heterocycles. The number of esters is 1. The molecule has 0 unspecified atom stereocenters. The first kappa shape index (κ1) is 8.69. The minimum Gasteiger partial charge on any atom is -0.457 e. The fourth-order valence-electron chi connectivity index (χ4n) is 1.38. The van der Waals surface area contributed by atoms with Crippen LogP contribution in [0.2, 0.25) is 0 Å². The van der Waals surface area contributed by atoms with Gasteiger partial charge in [-0.15, -0.1) is 0 Å². The molecular formula is C9H6BrFO2. The van der Waals surface area contributed by atoms with Crippen molar-refractivity contribution in [3.63, 3.8) is 0 Å². The molecule has 2 nitrogen and oxygen atoms in total. The Morgan fingerprint density at radius 2 is 2.31 bits per heavy atom. The maximum absolute atomic E-state index is 13.0. The topological polar surface area (TPSA) is 26.3 Å². The second-order valence-corrected chi connectivity index (χ2v) is 3.36. The highest BCUT2D eigenvalue weighted by atomic mass is 79.9. The molecule has 0 N–H and O–H groups in total. The van der Waals surface area contributed by atoms with Crippen molar-refractivity contribution in [2.45, 2.75) is 11.9 Å². The van der Waals surface area contributed by atoms with E-state index in [1.54, 1.807) is 0 Å². The fraction of sp³-hybridized carbons (Fsp3) is 0.222. The van der Waals surface area contributed by atoms with Gasteiger partial charge in [-0.3, -0.25) is 0 Å². The van der Waals surface area contributed by atoms with Gasteiger partial charge in [-0.25, -0.2) is 9.18 Å². The van der Waals surface area contributed by atoms with Gasteiger partial charge in [0.1, 0.15) is 12.4 Å². The number of fused-ring (bicyclic) bond motifs is 1. The van der Waals surface area contributed by atoms with Gasteiger partial charge in [-0.1, -0.05) is 15.9 Å². The highest BCUT2D eigenvalue weighted by Gasteiger charge is 2.24. The van der Waals surface area contributed by atoms with Crippen LogP contribution in [0.15, 0.2) is 12.1 Å². The second-order valence-electron chi connectivity index (χ2n) is 2.80. The summed E-state index contributed by atoms with van der Waals surface area (Å²) in [4.78, 5) is 11.1. The molecule has 0 aliphatic carbocycles. The van der Waals surface area contributed by atoms with E-state index in [0.717, 1.165) is 11.1 Å². The lowest BCUT2D eigenvalue weighted by Gasteiger charge is -2.01. The van der Waals surface area contributed by atoms with E-state index in [4.69, 9.17) is 4.74 Å². The van der Waals surface area contributed by atoms with Crippen molar-refractivity contribution in [3.8, 4) is 0 Å².